The summed E-state index contributed by atoms with van der Waals surface area (Å²) in [6.45, 7) is 9.15. The maximum Gasteiger partial charge on any atom is 0.296 e. The number of nitro groups is 1. The van der Waals surface area contributed by atoms with E-state index in [1.165, 1.54) is 12.1 Å². The topological polar surface area (TPSA) is 223 Å². The summed E-state index contributed by atoms with van der Waals surface area (Å²) in [5, 5.41) is 18.2. The molecule has 2 fully saturated rings. The number of nitrogens with zero attached hydrogens (tertiary/aromatic N) is 3. The fourth-order valence-corrected chi connectivity index (χ4v) is 5.34. The first kappa shape index (κ1) is 36.2. The third kappa shape index (κ3) is 11.0. The van der Waals surface area contributed by atoms with Crippen LogP contribution in [0.1, 0.15) is 33.6 Å². The number of nitro benzene ring substituents is 1. The summed E-state index contributed by atoms with van der Waals surface area (Å²) in [4.78, 5) is 39.7. The Morgan fingerprint density at radius 2 is 1.25 bits per heavy atom. The van der Waals surface area contributed by atoms with E-state index in [2.05, 4.69) is 20.4 Å². The summed E-state index contributed by atoms with van der Waals surface area (Å²) < 4.78 is 22.7. The van der Waals surface area contributed by atoms with Crippen LogP contribution in [-0.2, 0) is 9.47 Å². The number of carbonyl (C=O) groups excluding carboxylic acids is 2. The van der Waals surface area contributed by atoms with E-state index in [1.54, 1.807) is 12.1 Å². The van der Waals surface area contributed by atoms with Crippen molar-refractivity contribution in [2.24, 2.45) is 11.5 Å². The Kier molecular flexibility index (Phi) is 14.1. The van der Waals surface area contributed by atoms with Gasteiger partial charge in [0.05, 0.1) is 50.3 Å². The van der Waals surface area contributed by atoms with Crippen molar-refractivity contribution in [1.82, 2.24) is 9.80 Å². The number of ether oxygens (including phenoxy) is 4. The third-order valence-corrected chi connectivity index (χ3v) is 7.90. The fourth-order valence-electron chi connectivity index (χ4n) is 5.34. The van der Waals surface area contributed by atoms with E-state index >= 15 is 0 Å². The van der Waals surface area contributed by atoms with Crippen molar-refractivity contribution in [3.8, 4) is 11.5 Å². The van der Waals surface area contributed by atoms with Crippen LogP contribution in [0, 0.1) is 10.1 Å². The Bertz CT molecular complexity index is 1430. The molecule has 0 bridgehead atoms. The molecule has 2 aromatic rings. The van der Waals surface area contributed by atoms with Crippen molar-refractivity contribution in [2.75, 3.05) is 108 Å². The van der Waals surface area contributed by atoms with Crippen LogP contribution in [0.4, 0.5) is 22.7 Å². The van der Waals surface area contributed by atoms with Crippen molar-refractivity contribution >= 4 is 34.6 Å². The molecule has 0 spiro atoms. The van der Waals surface area contributed by atoms with Crippen LogP contribution in [0.25, 0.3) is 0 Å². The second-order valence-electron chi connectivity index (χ2n) is 11.3. The van der Waals surface area contributed by atoms with Crippen molar-refractivity contribution in [3.05, 3.63) is 57.7 Å². The number of rotatable bonds is 19. The number of anilines is 3. The molecular formula is C32H46N8O8. The quantitative estimate of drug-likeness (QED) is 0.0472. The van der Waals surface area contributed by atoms with Gasteiger partial charge >= 0.3 is 0 Å². The Morgan fingerprint density at radius 3 is 1.73 bits per heavy atom. The predicted octanol–water partition coefficient (Wildman–Crippen LogP) is 1.66. The van der Waals surface area contributed by atoms with Crippen LogP contribution in [0.3, 0.4) is 0 Å². The highest BCUT2D eigenvalue weighted by Gasteiger charge is 2.23. The van der Waals surface area contributed by atoms with Crippen molar-refractivity contribution < 1.29 is 33.5 Å². The van der Waals surface area contributed by atoms with E-state index in [0.29, 0.717) is 56.5 Å². The van der Waals surface area contributed by atoms with Gasteiger partial charge in [-0.2, -0.15) is 0 Å². The monoisotopic (exact) mass is 670 g/mol. The summed E-state index contributed by atoms with van der Waals surface area (Å²) >= 11 is 0. The molecule has 16 nitrogen and oxygen atoms in total. The number of carbonyl (C=O) groups is 2. The van der Waals surface area contributed by atoms with Crippen molar-refractivity contribution in [2.45, 2.75) is 12.8 Å². The summed E-state index contributed by atoms with van der Waals surface area (Å²) in [6.07, 6.45) is 5.04. The molecule has 2 amide bonds. The largest absolute Gasteiger partial charge is 0.491 e. The highest BCUT2D eigenvalue weighted by atomic mass is 16.6. The van der Waals surface area contributed by atoms with E-state index in [4.69, 9.17) is 36.1 Å². The number of amides is 2. The van der Waals surface area contributed by atoms with E-state index in [9.17, 15) is 19.7 Å². The molecule has 0 aromatic heterocycles. The van der Waals surface area contributed by atoms with E-state index < -0.39 is 16.7 Å². The summed E-state index contributed by atoms with van der Waals surface area (Å²) in [6, 6.07) is 5.61. The summed E-state index contributed by atoms with van der Waals surface area (Å²) in [5.74, 6) is -0.824. The molecule has 0 unspecified atom stereocenters. The van der Waals surface area contributed by atoms with Gasteiger partial charge in [0.15, 0.2) is 5.69 Å². The molecule has 2 saturated heterocycles. The molecule has 0 aliphatic carbocycles. The number of hydrogen-bond acceptors (Lipinski definition) is 13. The molecular weight excluding hydrogens is 624 g/mol. The van der Waals surface area contributed by atoms with Gasteiger partial charge in [0.2, 0.25) is 11.8 Å². The van der Waals surface area contributed by atoms with Gasteiger partial charge in [-0.1, -0.05) is 12.2 Å². The first-order valence-electron chi connectivity index (χ1n) is 16.1. The molecule has 4 rings (SSSR count). The maximum atomic E-state index is 11.9. The number of hydrogen-bond donors (Lipinski definition) is 5. The van der Waals surface area contributed by atoms with Gasteiger partial charge in [-0.15, -0.1) is 0 Å². The minimum Gasteiger partial charge on any atom is -0.491 e. The smallest absolute Gasteiger partial charge is 0.296 e. The van der Waals surface area contributed by atoms with Crippen LogP contribution < -0.4 is 37.3 Å². The number of nitrogens with two attached hydrogens (primary N) is 3. The van der Waals surface area contributed by atoms with Gasteiger partial charge < -0.3 is 46.8 Å². The van der Waals surface area contributed by atoms with Crippen LogP contribution in [0.5, 0.6) is 11.5 Å². The van der Waals surface area contributed by atoms with Gasteiger partial charge in [-0.25, -0.2) is 0 Å². The third-order valence-electron chi connectivity index (χ3n) is 7.90. The van der Waals surface area contributed by atoms with Gasteiger partial charge in [0.25, 0.3) is 5.69 Å². The molecule has 8 N–H and O–H groups in total. The zero-order valence-electron chi connectivity index (χ0n) is 27.1. The van der Waals surface area contributed by atoms with Crippen LogP contribution in [0.2, 0.25) is 0 Å². The average molecular weight is 671 g/mol. The second-order valence-corrected chi connectivity index (χ2v) is 11.3. The minimum absolute atomic E-state index is 0.0192. The van der Waals surface area contributed by atoms with E-state index in [0.717, 1.165) is 65.0 Å². The SMILES string of the molecule is NC(=O)c1cc(N)c(NC/C=C/CNc2c(OCCCN3CCOCC3)cc(C(N)=O)cc2[N+](=O)[O-])c(OCCCN2CCOCC2)c1. The highest BCUT2D eigenvalue weighted by Crippen LogP contribution is 2.36. The normalized spacial score (nSPS) is 15.7. The summed E-state index contributed by atoms with van der Waals surface area (Å²) in [5.41, 5.74) is 18.1. The fraction of sp³-hybridized carbons (Fsp3) is 0.500. The first-order chi connectivity index (χ1) is 23.2. The Morgan fingerprint density at radius 1 is 0.792 bits per heavy atom. The van der Waals surface area contributed by atoms with Gasteiger partial charge in [-0.3, -0.25) is 29.5 Å². The van der Waals surface area contributed by atoms with Crippen LogP contribution in [-0.4, -0.2) is 119 Å². The number of morpholine rings is 2. The lowest BCUT2D eigenvalue weighted by Crippen LogP contribution is -2.37. The zero-order valence-corrected chi connectivity index (χ0v) is 27.1. The molecule has 2 aromatic carbocycles. The number of benzene rings is 2. The molecule has 0 radical (unpaired) electrons. The lowest BCUT2D eigenvalue weighted by atomic mass is 10.1. The van der Waals surface area contributed by atoms with Gasteiger partial charge in [0, 0.05) is 69.6 Å². The lowest BCUT2D eigenvalue weighted by Gasteiger charge is -2.26. The van der Waals surface area contributed by atoms with Crippen molar-refractivity contribution in [3.63, 3.8) is 0 Å². The Labute approximate surface area is 279 Å². The molecule has 0 saturated carbocycles. The molecule has 2 aliphatic rings. The highest BCUT2D eigenvalue weighted by molar-refractivity contribution is 5.96. The van der Waals surface area contributed by atoms with E-state index in [1.807, 2.05) is 6.08 Å². The Balaban J connectivity index is 1.35. The average Bonchev–Trinajstić information content (AvgIpc) is 3.08. The standard InChI is InChI=1S/C32H46N8O8/c33-25-19-23(31(34)41)21-27(47-13-3-7-38-9-15-45-16-10-38)29(25)36-5-1-2-6-37-30-26(40(43)44)20-24(32(35)42)22-28(30)48-14-4-8-39-11-17-46-18-12-39/h1-2,19-22,36-37H,3-18,33H2,(H2,34,41)(H2,35,42)/b2-1+. The molecule has 2 heterocycles. The van der Waals surface area contributed by atoms with Crippen molar-refractivity contribution in [1.29, 1.82) is 0 Å². The summed E-state index contributed by atoms with van der Waals surface area (Å²) in [7, 11) is 0. The molecule has 2 aliphatic heterocycles. The molecule has 262 valence electrons. The number of nitrogen functional groups attached to an aromatic ring is 1. The van der Waals surface area contributed by atoms with E-state index in [-0.39, 0.29) is 34.8 Å². The first-order valence-corrected chi connectivity index (χ1v) is 16.1. The zero-order chi connectivity index (χ0) is 34.3. The molecule has 48 heavy (non-hydrogen) atoms. The predicted molar refractivity (Wildman–Crippen MR) is 182 cm³/mol. The number of primary amides is 2. The lowest BCUT2D eigenvalue weighted by molar-refractivity contribution is -0.384. The number of nitrogens with one attached hydrogen (secondary N) is 2. The van der Waals surface area contributed by atoms with Crippen LogP contribution in [0.15, 0.2) is 36.4 Å². The molecule has 16 heteroatoms. The van der Waals surface area contributed by atoms with Crippen LogP contribution >= 0.6 is 0 Å². The van der Waals surface area contributed by atoms with Gasteiger partial charge in [-0.05, 0) is 31.0 Å². The maximum absolute atomic E-state index is 11.9. The van der Waals surface area contributed by atoms with Gasteiger partial charge in [0.1, 0.15) is 17.2 Å². The minimum atomic E-state index is -0.794. The molecule has 0 atom stereocenters. The Hall–Kier alpha value is -4.64. The second kappa shape index (κ2) is 18.6.